The summed E-state index contributed by atoms with van der Waals surface area (Å²) in [5.74, 6) is -1.17. The van der Waals surface area contributed by atoms with Crippen molar-refractivity contribution in [3.8, 4) is 0 Å². The third kappa shape index (κ3) is 3.17. The predicted molar refractivity (Wildman–Crippen MR) is 60.6 cm³/mol. The van der Waals surface area contributed by atoms with Gasteiger partial charge in [-0.1, -0.05) is 6.07 Å². The molecule has 0 bridgehead atoms. The molecular formula is C12H14FNO3. The van der Waals surface area contributed by atoms with Crippen LogP contribution in [0, 0.1) is 5.82 Å². The Morgan fingerprint density at radius 1 is 1.59 bits per heavy atom. The zero-order valence-corrected chi connectivity index (χ0v) is 9.30. The molecule has 5 heteroatoms. The number of rotatable bonds is 3. The molecule has 1 N–H and O–H groups in total. The van der Waals surface area contributed by atoms with Gasteiger partial charge in [0.25, 0.3) is 0 Å². The summed E-state index contributed by atoms with van der Waals surface area (Å²) in [7, 11) is 0. The van der Waals surface area contributed by atoms with E-state index in [4.69, 9.17) is 9.84 Å². The van der Waals surface area contributed by atoms with Gasteiger partial charge in [-0.15, -0.1) is 0 Å². The number of ether oxygens (including phenoxy) is 1. The van der Waals surface area contributed by atoms with Gasteiger partial charge in [0, 0.05) is 18.8 Å². The van der Waals surface area contributed by atoms with Crippen LogP contribution in [0.1, 0.15) is 6.42 Å². The lowest BCUT2D eigenvalue weighted by Gasteiger charge is -2.33. The zero-order valence-electron chi connectivity index (χ0n) is 9.30. The Bertz CT molecular complexity index is 410. The first-order valence-corrected chi connectivity index (χ1v) is 5.49. The standard InChI is InChI=1S/C12H14FNO3/c13-9-2-1-3-10(6-9)14-4-5-17-11(8-14)7-12(15)16/h1-3,6,11H,4-5,7-8H2,(H,15,16). The third-order valence-corrected chi connectivity index (χ3v) is 2.71. The minimum atomic E-state index is -0.879. The maximum Gasteiger partial charge on any atom is 0.306 e. The number of carboxylic acid groups (broad SMARTS) is 1. The maximum absolute atomic E-state index is 13.1. The number of nitrogens with zero attached hydrogens (tertiary/aromatic N) is 1. The fraction of sp³-hybridized carbons (Fsp3) is 0.417. The van der Waals surface area contributed by atoms with Crippen LogP contribution in [0.15, 0.2) is 24.3 Å². The largest absolute Gasteiger partial charge is 0.481 e. The van der Waals surface area contributed by atoms with Crippen molar-refractivity contribution in [2.45, 2.75) is 12.5 Å². The first kappa shape index (κ1) is 11.9. The van der Waals surface area contributed by atoms with E-state index in [1.807, 2.05) is 11.0 Å². The van der Waals surface area contributed by atoms with Gasteiger partial charge in [0.2, 0.25) is 0 Å². The molecule has 0 aromatic heterocycles. The molecule has 1 fully saturated rings. The van der Waals surface area contributed by atoms with E-state index < -0.39 is 5.97 Å². The Hall–Kier alpha value is -1.62. The summed E-state index contributed by atoms with van der Waals surface area (Å²) in [5, 5.41) is 8.71. The SMILES string of the molecule is O=C(O)CC1CN(c2cccc(F)c2)CCO1. The Balaban J connectivity index is 2.04. The van der Waals surface area contributed by atoms with Crippen LogP contribution in [0.4, 0.5) is 10.1 Å². The van der Waals surface area contributed by atoms with Crippen molar-refractivity contribution in [3.63, 3.8) is 0 Å². The normalized spacial score (nSPS) is 20.3. The smallest absolute Gasteiger partial charge is 0.306 e. The van der Waals surface area contributed by atoms with Crippen molar-refractivity contribution in [1.29, 1.82) is 0 Å². The molecule has 1 atom stereocenters. The van der Waals surface area contributed by atoms with E-state index in [1.54, 1.807) is 6.07 Å². The highest BCUT2D eigenvalue weighted by Gasteiger charge is 2.22. The summed E-state index contributed by atoms with van der Waals surface area (Å²) < 4.78 is 18.4. The summed E-state index contributed by atoms with van der Waals surface area (Å²) >= 11 is 0. The van der Waals surface area contributed by atoms with Crippen LogP contribution in [0.3, 0.4) is 0 Å². The van der Waals surface area contributed by atoms with Gasteiger partial charge >= 0.3 is 5.97 Å². The molecule has 1 aromatic rings. The summed E-state index contributed by atoms with van der Waals surface area (Å²) in [6.07, 6.45) is -0.351. The van der Waals surface area contributed by atoms with Gasteiger partial charge in [0.15, 0.2) is 0 Å². The minimum absolute atomic E-state index is 0.0220. The average Bonchev–Trinajstić information content (AvgIpc) is 2.28. The molecule has 1 aliphatic heterocycles. The summed E-state index contributed by atoms with van der Waals surface area (Å²) in [6, 6.07) is 6.29. The Morgan fingerprint density at radius 3 is 3.12 bits per heavy atom. The van der Waals surface area contributed by atoms with E-state index in [0.29, 0.717) is 19.7 Å². The highest BCUT2D eigenvalue weighted by atomic mass is 19.1. The molecule has 92 valence electrons. The maximum atomic E-state index is 13.1. The molecule has 0 saturated carbocycles. The summed E-state index contributed by atoms with van der Waals surface area (Å²) in [6.45, 7) is 1.60. The molecule has 1 aromatic carbocycles. The van der Waals surface area contributed by atoms with Gasteiger partial charge in [-0.05, 0) is 18.2 Å². The fourth-order valence-corrected chi connectivity index (χ4v) is 1.94. The molecule has 1 unspecified atom stereocenters. The van der Waals surface area contributed by atoms with Gasteiger partial charge in [0.1, 0.15) is 5.82 Å². The quantitative estimate of drug-likeness (QED) is 0.868. The second kappa shape index (κ2) is 5.14. The zero-order chi connectivity index (χ0) is 12.3. The van der Waals surface area contributed by atoms with E-state index >= 15 is 0 Å². The molecule has 0 aliphatic carbocycles. The lowest BCUT2D eigenvalue weighted by atomic mass is 10.2. The average molecular weight is 239 g/mol. The lowest BCUT2D eigenvalue weighted by Crippen LogP contribution is -2.43. The molecule has 17 heavy (non-hydrogen) atoms. The molecule has 1 saturated heterocycles. The van der Waals surface area contributed by atoms with Crippen molar-refractivity contribution in [2.75, 3.05) is 24.6 Å². The van der Waals surface area contributed by atoms with E-state index in [9.17, 15) is 9.18 Å². The van der Waals surface area contributed by atoms with Crippen LogP contribution in [-0.4, -0.2) is 36.9 Å². The Kier molecular flexibility index (Phi) is 3.58. The third-order valence-electron chi connectivity index (χ3n) is 2.71. The first-order chi connectivity index (χ1) is 8.15. The van der Waals surface area contributed by atoms with Crippen molar-refractivity contribution in [1.82, 2.24) is 0 Å². The van der Waals surface area contributed by atoms with Crippen LogP contribution < -0.4 is 4.90 Å². The van der Waals surface area contributed by atoms with Gasteiger partial charge in [0.05, 0.1) is 19.1 Å². The van der Waals surface area contributed by atoms with E-state index in [-0.39, 0.29) is 18.3 Å². The number of anilines is 1. The molecular weight excluding hydrogens is 225 g/mol. The second-order valence-electron chi connectivity index (χ2n) is 4.02. The van der Waals surface area contributed by atoms with Crippen LogP contribution in [0.2, 0.25) is 0 Å². The van der Waals surface area contributed by atoms with E-state index in [1.165, 1.54) is 12.1 Å². The molecule has 0 spiro atoms. The van der Waals surface area contributed by atoms with Crippen molar-refractivity contribution < 1.29 is 19.0 Å². The van der Waals surface area contributed by atoms with Crippen molar-refractivity contribution in [3.05, 3.63) is 30.1 Å². The Morgan fingerprint density at radius 2 is 2.41 bits per heavy atom. The van der Waals surface area contributed by atoms with Gasteiger partial charge in [-0.3, -0.25) is 4.79 Å². The highest BCUT2D eigenvalue weighted by Crippen LogP contribution is 2.19. The van der Waals surface area contributed by atoms with Crippen molar-refractivity contribution in [2.24, 2.45) is 0 Å². The van der Waals surface area contributed by atoms with E-state index in [0.717, 1.165) is 5.69 Å². The van der Waals surface area contributed by atoms with E-state index in [2.05, 4.69) is 0 Å². The van der Waals surface area contributed by atoms with Gasteiger partial charge in [-0.25, -0.2) is 4.39 Å². The second-order valence-corrected chi connectivity index (χ2v) is 4.02. The van der Waals surface area contributed by atoms with Crippen LogP contribution in [-0.2, 0) is 9.53 Å². The van der Waals surface area contributed by atoms with Crippen LogP contribution in [0.5, 0.6) is 0 Å². The number of morpholine rings is 1. The van der Waals surface area contributed by atoms with Gasteiger partial charge < -0.3 is 14.7 Å². The highest BCUT2D eigenvalue weighted by molar-refractivity contribution is 5.67. The summed E-state index contributed by atoms with van der Waals surface area (Å²) in [4.78, 5) is 12.6. The van der Waals surface area contributed by atoms with Crippen LogP contribution in [0.25, 0.3) is 0 Å². The molecule has 0 amide bonds. The number of aliphatic carboxylic acids is 1. The number of hydrogen-bond acceptors (Lipinski definition) is 3. The lowest BCUT2D eigenvalue weighted by molar-refractivity contribution is -0.140. The number of benzene rings is 1. The molecule has 0 radical (unpaired) electrons. The minimum Gasteiger partial charge on any atom is -0.481 e. The molecule has 2 rings (SSSR count). The monoisotopic (exact) mass is 239 g/mol. The molecule has 1 aliphatic rings. The number of hydrogen-bond donors (Lipinski definition) is 1. The van der Waals surface area contributed by atoms with Gasteiger partial charge in [-0.2, -0.15) is 0 Å². The fourth-order valence-electron chi connectivity index (χ4n) is 1.94. The number of carboxylic acids is 1. The Labute approximate surface area is 98.6 Å². The molecule has 4 nitrogen and oxygen atoms in total. The topological polar surface area (TPSA) is 49.8 Å². The molecule has 1 heterocycles. The van der Waals surface area contributed by atoms with Crippen molar-refractivity contribution >= 4 is 11.7 Å². The first-order valence-electron chi connectivity index (χ1n) is 5.49. The van der Waals surface area contributed by atoms with Crippen LogP contribution >= 0.6 is 0 Å². The summed E-state index contributed by atoms with van der Waals surface area (Å²) in [5.41, 5.74) is 0.767. The number of halogens is 1. The number of carbonyl (C=O) groups is 1. The predicted octanol–water partition coefficient (Wildman–Crippen LogP) is 1.51.